The van der Waals surface area contributed by atoms with Gasteiger partial charge in [-0.3, -0.25) is 4.79 Å². The van der Waals surface area contributed by atoms with E-state index < -0.39 is 5.97 Å². The molecule has 2 heterocycles. The molecule has 3 aromatic rings. The van der Waals surface area contributed by atoms with E-state index in [4.69, 9.17) is 5.11 Å². The van der Waals surface area contributed by atoms with E-state index in [2.05, 4.69) is 10.3 Å². The third-order valence-electron chi connectivity index (χ3n) is 2.65. The van der Waals surface area contributed by atoms with Gasteiger partial charge in [0, 0.05) is 15.8 Å². The Morgan fingerprint density at radius 2 is 2.10 bits per heavy atom. The van der Waals surface area contributed by atoms with Crippen LogP contribution in [0.1, 0.15) is 20.2 Å². The van der Waals surface area contributed by atoms with Crippen molar-refractivity contribution in [3.05, 3.63) is 45.7 Å². The SMILES string of the molecule is O=C(Nc1ccc2sc(C(=O)O)cc2c1)c1cscn1. The van der Waals surface area contributed by atoms with E-state index in [9.17, 15) is 9.59 Å². The lowest BCUT2D eigenvalue weighted by molar-refractivity contribution is 0.0702. The van der Waals surface area contributed by atoms with Crippen molar-refractivity contribution in [2.45, 2.75) is 0 Å². The summed E-state index contributed by atoms with van der Waals surface area (Å²) in [5.41, 5.74) is 2.58. The van der Waals surface area contributed by atoms with Crippen LogP contribution in [0.2, 0.25) is 0 Å². The van der Waals surface area contributed by atoms with Crippen molar-refractivity contribution in [3.63, 3.8) is 0 Å². The lowest BCUT2D eigenvalue weighted by atomic mass is 10.2. The van der Waals surface area contributed by atoms with E-state index in [1.165, 1.54) is 22.7 Å². The summed E-state index contributed by atoms with van der Waals surface area (Å²) >= 11 is 2.56. The number of thiophene rings is 1. The predicted molar refractivity (Wildman–Crippen MR) is 78.9 cm³/mol. The molecule has 0 aliphatic rings. The Morgan fingerprint density at radius 1 is 1.25 bits per heavy atom. The number of aromatic carboxylic acids is 1. The van der Waals surface area contributed by atoms with Crippen molar-refractivity contribution in [2.24, 2.45) is 0 Å². The van der Waals surface area contributed by atoms with Crippen molar-refractivity contribution in [2.75, 3.05) is 5.32 Å². The Morgan fingerprint density at radius 3 is 2.80 bits per heavy atom. The van der Waals surface area contributed by atoms with E-state index in [0.29, 0.717) is 11.4 Å². The van der Waals surface area contributed by atoms with E-state index in [0.717, 1.165) is 10.1 Å². The third kappa shape index (κ3) is 2.40. The van der Waals surface area contributed by atoms with Gasteiger partial charge in [0.1, 0.15) is 10.6 Å². The first-order valence-electron chi connectivity index (χ1n) is 5.60. The van der Waals surface area contributed by atoms with Gasteiger partial charge in [-0.15, -0.1) is 22.7 Å². The van der Waals surface area contributed by atoms with E-state index in [-0.39, 0.29) is 10.8 Å². The van der Waals surface area contributed by atoms with Crippen LogP contribution in [-0.4, -0.2) is 22.0 Å². The lowest BCUT2D eigenvalue weighted by Gasteiger charge is -2.02. The Balaban J connectivity index is 1.89. The van der Waals surface area contributed by atoms with Crippen LogP contribution in [0.15, 0.2) is 35.2 Å². The summed E-state index contributed by atoms with van der Waals surface area (Å²) in [6.07, 6.45) is 0. The molecule has 0 aliphatic heterocycles. The second-order valence-electron chi connectivity index (χ2n) is 4.00. The van der Waals surface area contributed by atoms with Crippen LogP contribution in [0.3, 0.4) is 0 Å². The van der Waals surface area contributed by atoms with Crippen LogP contribution in [0.5, 0.6) is 0 Å². The highest BCUT2D eigenvalue weighted by molar-refractivity contribution is 7.20. The van der Waals surface area contributed by atoms with Gasteiger partial charge in [-0.25, -0.2) is 9.78 Å². The Bertz CT molecular complexity index is 793. The molecule has 2 aromatic heterocycles. The van der Waals surface area contributed by atoms with Crippen LogP contribution in [0.4, 0.5) is 5.69 Å². The first-order chi connectivity index (χ1) is 9.63. The van der Waals surface area contributed by atoms with Crippen LogP contribution in [0, 0.1) is 0 Å². The summed E-state index contributed by atoms with van der Waals surface area (Å²) in [7, 11) is 0. The van der Waals surface area contributed by atoms with Gasteiger partial charge in [-0.05, 0) is 29.7 Å². The fourth-order valence-electron chi connectivity index (χ4n) is 1.75. The topological polar surface area (TPSA) is 79.3 Å². The maximum absolute atomic E-state index is 11.9. The van der Waals surface area contributed by atoms with Gasteiger partial charge < -0.3 is 10.4 Å². The molecule has 3 rings (SSSR count). The summed E-state index contributed by atoms with van der Waals surface area (Å²) in [4.78, 5) is 27.0. The van der Waals surface area contributed by atoms with Crippen molar-refractivity contribution in [1.29, 1.82) is 0 Å². The molecule has 0 unspecified atom stereocenters. The van der Waals surface area contributed by atoms with Gasteiger partial charge in [-0.1, -0.05) is 0 Å². The number of carboxylic acid groups (broad SMARTS) is 1. The standard InChI is InChI=1S/C13H8N2O3S2/c16-12(9-5-19-6-14-9)15-8-1-2-10-7(3-8)4-11(20-10)13(17)18/h1-6H,(H,15,16)(H,17,18). The summed E-state index contributed by atoms with van der Waals surface area (Å²) in [5, 5.41) is 14.2. The van der Waals surface area contributed by atoms with Gasteiger partial charge in [0.15, 0.2) is 0 Å². The van der Waals surface area contributed by atoms with E-state index in [1.807, 2.05) is 0 Å². The minimum atomic E-state index is -0.945. The molecule has 0 atom stereocenters. The van der Waals surface area contributed by atoms with Gasteiger partial charge in [0.2, 0.25) is 0 Å². The number of thiazole rings is 1. The van der Waals surface area contributed by atoms with Crippen LogP contribution in [0.25, 0.3) is 10.1 Å². The zero-order valence-electron chi connectivity index (χ0n) is 9.99. The molecule has 0 aliphatic carbocycles. The Hall–Kier alpha value is -2.25. The molecule has 0 saturated carbocycles. The molecule has 0 saturated heterocycles. The fourth-order valence-corrected chi connectivity index (χ4v) is 3.16. The summed E-state index contributed by atoms with van der Waals surface area (Å²) in [6.45, 7) is 0. The van der Waals surface area contributed by atoms with E-state index >= 15 is 0 Å². The molecule has 0 fully saturated rings. The normalized spacial score (nSPS) is 10.6. The average Bonchev–Trinajstić information content (AvgIpc) is 3.07. The number of rotatable bonds is 3. The summed E-state index contributed by atoms with van der Waals surface area (Å²) in [5.74, 6) is -1.22. The number of fused-ring (bicyclic) bond motifs is 1. The zero-order valence-corrected chi connectivity index (χ0v) is 11.6. The molecule has 1 amide bonds. The number of carbonyl (C=O) groups is 2. The minimum absolute atomic E-state index is 0.278. The monoisotopic (exact) mass is 304 g/mol. The smallest absolute Gasteiger partial charge is 0.345 e. The maximum Gasteiger partial charge on any atom is 0.345 e. The predicted octanol–water partition coefficient (Wildman–Crippen LogP) is 3.31. The largest absolute Gasteiger partial charge is 0.477 e. The number of nitrogens with zero attached hydrogens (tertiary/aromatic N) is 1. The number of carboxylic acids is 1. The Kier molecular flexibility index (Phi) is 3.21. The number of hydrogen-bond acceptors (Lipinski definition) is 5. The average molecular weight is 304 g/mol. The van der Waals surface area contributed by atoms with Crippen molar-refractivity contribution < 1.29 is 14.7 Å². The molecule has 5 nitrogen and oxygen atoms in total. The zero-order chi connectivity index (χ0) is 14.1. The van der Waals surface area contributed by atoms with Crippen molar-refractivity contribution in [1.82, 2.24) is 4.98 Å². The quantitative estimate of drug-likeness (QED) is 0.778. The highest BCUT2D eigenvalue weighted by Gasteiger charge is 2.11. The lowest BCUT2D eigenvalue weighted by Crippen LogP contribution is -2.11. The first kappa shape index (κ1) is 12.8. The second-order valence-corrected chi connectivity index (χ2v) is 5.80. The Labute approximate surface area is 121 Å². The molecule has 0 spiro atoms. The molecule has 7 heteroatoms. The minimum Gasteiger partial charge on any atom is -0.477 e. The van der Waals surface area contributed by atoms with Gasteiger partial charge in [0.05, 0.1) is 5.51 Å². The van der Waals surface area contributed by atoms with Crippen molar-refractivity contribution in [3.8, 4) is 0 Å². The molecule has 2 N–H and O–H groups in total. The number of carbonyl (C=O) groups excluding carboxylic acids is 1. The van der Waals surface area contributed by atoms with Crippen LogP contribution < -0.4 is 5.32 Å². The maximum atomic E-state index is 11.9. The molecule has 0 bridgehead atoms. The fraction of sp³-hybridized carbons (Fsp3) is 0. The number of hydrogen-bond donors (Lipinski definition) is 2. The molecule has 100 valence electrons. The molecule has 1 aromatic carbocycles. The number of nitrogens with one attached hydrogen (secondary N) is 1. The van der Waals surface area contributed by atoms with Gasteiger partial charge >= 0.3 is 5.97 Å². The van der Waals surface area contributed by atoms with Gasteiger partial charge in [-0.2, -0.15) is 0 Å². The summed E-state index contributed by atoms with van der Waals surface area (Å²) < 4.78 is 0.869. The number of benzene rings is 1. The molecule has 20 heavy (non-hydrogen) atoms. The van der Waals surface area contributed by atoms with E-state index in [1.54, 1.807) is 35.2 Å². The highest BCUT2D eigenvalue weighted by atomic mass is 32.1. The van der Waals surface area contributed by atoms with Crippen LogP contribution >= 0.6 is 22.7 Å². The number of amides is 1. The second kappa shape index (κ2) is 5.03. The third-order valence-corrected chi connectivity index (χ3v) is 4.34. The number of anilines is 1. The molecular weight excluding hydrogens is 296 g/mol. The summed E-state index contributed by atoms with van der Waals surface area (Å²) in [6, 6.07) is 6.89. The molecule has 0 radical (unpaired) electrons. The van der Waals surface area contributed by atoms with Crippen molar-refractivity contribution >= 4 is 50.3 Å². The van der Waals surface area contributed by atoms with Crippen LogP contribution in [-0.2, 0) is 0 Å². The van der Waals surface area contributed by atoms with Gasteiger partial charge in [0.25, 0.3) is 5.91 Å². The first-order valence-corrected chi connectivity index (χ1v) is 7.36. The highest BCUT2D eigenvalue weighted by Crippen LogP contribution is 2.28. The number of aromatic nitrogens is 1. The molecular formula is C13H8N2O3S2.